The van der Waals surface area contributed by atoms with Gasteiger partial charge in [-0.2, -0.15) is 0 Å². The van der Waals surface area contributed by atoms with Crippen LogP contribution in [-0.4, -0.2) is 46.9 Å². The summed E-state index contributed by atoms with van der Waals surface area (Å²) in [5.41, 5.74) is 0.970. The molecule has 1 aromatic rings. The molecule has 1 saturated carbocycles. The van der Waals surface area contributed by atoms with E-state index < -0.39 is 0 Å². The van der Waals surface area contributed by atoms with E-state index in [1.807, 2.05) is 4.90 Å². The molecule has 8 heteroatoms. The summed E-state index contributed by atoms with van der Waals surface area (Å²) >= 11 is 3.30. The molecule has 0 spiro atoms. The number of esters is 1. The predicted octanol–water partition coefficient (Wildman–Crippen LogP) is 1.53. The number of ether oxygens (including phenoxy) is 1. The zero-order chi connectivity index (χ0) is 14.8. The van der Waals surface area contributed by atoms with Crippen LogP contribution >= 0.6 is 15.9 Å². The van der Waals surface area contributed by atoms with E-state index in [1.165, 1.54) is 6.92 Å². The highest BCUT2D eigenvalue weighted by atomic mass is 79.9. The van der Waals surface area contributed by atoms with E-state index in [9.17, 15) is 4.79 Å². The molecule has 1 aliphatic carbocycles. The molecular weight excluding hydrogens is 340 g/mol. The largest absolute Gasteiger partial charge is 0.462 e. The van der Waals surface area contributed by atoms with Crippen molar-refractivity contribution in [1.29, 1.82) is 0 Å². The van der Waals surface area contributed by atoms with Crippen LogP contribution in [0.2, 0.25) is 0 Å². The summed E-state index contributed by atoms with van der Waals surface area (Å²) in [6.07, 6.45) is 4.92. The third-order valence-corrected chi connectivity index (χ3v) is 3.76. The molecule has 3 rings (SSSR count). The van der Waals surface area contributed by atoms with Crippen LogP contribution < -0.4 is 4.90 Å². The first kappa shape index (κ1) is 14.2. The van der Waals surface area contributed by atoms with Crippen LogP contribution in [0.3, 0.4) is 0 Å². The number of nitrogens with zero attached hydrogens (tertiary/aromatic N) is 4. The van der Waals surface area contributed by atoms with Gasteiger partial charge in [-0.05, 0) is 15.9 Å². The van der Waals surface area contributed by atoms with Gasteiger partial charge in [-0.1, -0.05) is 5.16 Å². The highest BCUT2D eigenvalue weighted by Gasteiger charge is 2.34. The maximum absolute atomic E-state index is 10.8. The van der Waals surface area contributed by atoms with Gasteiger partial charge in [0.2, 0.25) is 5.95 Å². The average Bonchev–Trinajstić information content (AvgIpc) is 2.35. The molecular formula is C13H15BrN4O3. The molecule has 1 aromatic heterocycles. The summed E-state index contributed by atoms with van der Waals surface area (Å²) in [4.78, 5) is 26.6. The molecule has 7 nitrogen and oxygen atoms in total. The SMILES string of the molecule is CC(=O)OC1CC(ON=C2CN(c3ncc(Br)cn3)C2)C1. The second-order valence-electron chi connectivity index (χ2n) is 5.15. The lowest BCUT2D eigenvalue weighted by Crippen LogP contribution is -2.49. The normalized spacial score (nSPS) is 23.9. The van der Waals surface area contributed by atoms with Gasteiger partial charge < -0.3 is 14.5 Å². The van der Waals surface area contributed by atoms with E-state index in [1.54, 1.807) is 12.4 Å². The standard InChI is InChI=1S/C13H15BrN4O3/c1-8(19)20-11-2-12(3-11)21-17-10-6-18(7-10)13-15-4-9(14)5-16-13/h4-5,11-12H,2-3,6-7H2,1H3. The number of rotatable bonds is 4. The van der Waals surface area contributed by atoms with Crippen LogP contribution in [0.25, 0.3) is 0 Å². The van der Waals surface area contributed by atoms with Crippen molar-refractivity contribution in [3.05, 3.63) is 16.9 Å². The number of anilines is 1. The number of halogens is 1. The van der Waals surface area contributed by atoms with Crippen LogP contribution in [0.4, 0.5) is 5.95 Å². The Bertz CT molecular complexity index is 549. The van der Waals surface area contributed by atoms with Crippen LogP contribution in [-0.2, 0) is 14.4 Å². The maximum atomic E-state index is 10.8. The summed E-state index contributed by atoms with van der Waals surface area (Å²) in [5.74, 6) is 0.449. The summed E-state index contributed by atoms with van der Waals surface area (Å²) in [6.45, 7) is 2.78. The second-order valence-corrected chi connectivity index (χ2v) is 6.06. The quantitative estimate of drug-likeness (QED) is 0.602. The van der Waals surface area contributed by atoms with Gasteiger partial charge in [-0.25, -0.2) is 9.97 Å². The Morgan fingerprint density at radius 2 is 2.00 bits per heavy atom. The fourth-order valence-corrected chi connectivity index (χ4v) is 2.35. The Balaban J connectivity index is 1.39. The van der Waals surface area contributed by atoms with Crippen molar-refractivity contribution in [2.75, 3.05) is 18.0 Å². The van der Waals surface area contributed by atoms with Crippen molar-refractivity contribution in [2.45, 2.75) is 32.0 Å². The van der Waals surface area contributed by atoms with E-state index in [2.05, 4.69) is 31.1 Å². The van der Waals surface area contributed by atoms with Gasteiger partial charge in [0.05, 0.1) is 23.3 Å². The first-order valence-corrected chi connectivity index (χ1v) is 7.50. The van der Waals surface area contributed by atoms with Gasteiger partial charge in [0.1, 0.15) is 12.2 Å². The minimum Gasteiger partial charge on any atom is -0.462 e. The van der Waals surface area contributed by atoms with Crippen LogP contribution in [0.5, 0.6) is 0 Å². The lowest BCUT2D eigenvalue weighted by Gasteiger charge is -2.35. The highest BCUT2D eigenvalue weighted by Crippen LogP contribution is 2.27. The van der Waals surface area contributed by atoms with E-state index >= 15 is 0 Å². The predicted molar refractivity (Wildman–Crippen MR) is 79.0 cm³/mol. The number of hydrogen-bond acceptors (Lipinski definition) is 7. The molecule has 0 radical (unpaired) electrons. The zero-order valence-electron chi connectivity index (χ0n) is 11.5. The molecule has 0 bridgehead atoms. The highest BCUT2D eigenvalue weighted by molar-refractivity contribution is 9.10. The molecule has 21 heavy (non-hydrogen) atoms. The molecule has 0 aromatic carbocycles. The van der Waals surface area contributed by atoms with Gasteiger partial charge >= 0.3 is 5.97 Å². The average molecular weight is 355 g/mol. The molecule has 0 amide bonds. The number of carbonyl (C=O) groups is 1. The Hall–Kier alpha value is -1.70. The summed E-state index contributed by atoms with van der Waals surface area (Å²) < 4.78 is 5.91. The van der Waals surface area contributed by atoms with E-state index in [-0.39, 0.29) is 18.2 Å². The van der Waals surface area contributed by atoms with E-state index in [0.717, 1.165) is 23.0 Å². The fourth-order valence-electron chi connectivity index (χ4n) is 2.15. The van der Waals surface area contributed by atoms with Gasteiger partial charge in [0, 0.05) is 32.2 Å². The molecule has 1 saturated heterocycles. The fraction of sp³-hybridized carbons (Fsp3) is 0.538. The van der Waals surface area contributed by atoms with Gasteiger partial charge in [-0.15, -0.1) is 0 Å². The number of hydrogen-bond donors (Lipinski definition) is 0. The van der Waals surface area contributed by atoms with E-state index in [0.29, 0.717) is 19.0 Å². The number of aromatic nitrogens is 2. The topological polar surface area (TPSA) is 76.9 Å². The first-order chi connectivity index (χ1) is 10.1. The van der Waals surface area contributed by atoms with Crippen LogP contribution in [0.15, 0.2) is 22.0 Å². The Labute approximate surface area is 130 Å². The molecule has 2 fully saturated rings. The molecule has 2 aliphatic rings. The maximum Gasteiger partial charge on any atom is 0.302 e. The molecule has 0 atom stereocenters. The van der Waals surface area contributed by atoms with Crippen molar-refractivity contribution in [2.24, 2.45) is 5.16 Å². The lowest BCUT2D eigenvalue weighted by atomic mass is 9.92. The number of oxime groups is 1. The smallest absolute Gasteiger partial charge is 0.302 e. The van der Waals surface area contributed by atoms with Gasteiger partial charge in [-0.3, -0.25) is 4.79 Å². The summed E-state index contributed by atoms with van der Waals surface area (Å²) in [5, 5.41) is 4.13. The monoisotopic (exact) mass is 354 g/mol. The lowest BCUT2D eigenvalue weighted by molar-refractivity contribution is -0.159. The van der Waals surface area contributed by atoms with Crippen molar-refractivity contribution in [3.8, 4) is 0 Å². The van der Waals surface area contributed by atoms with Crippen molar-refractivity contribution >= 4 is 33.6 Å². The van der Waals surface area contributed by atoms with Crippen molar-refractivity contribution < 1.29 is 14.4 Å². The third-order valence-electron chi connectivity index (χ3n) is 3.35. The summed E-state index contributed by atoms with van der Waals surface area (Å²) in [6, 6.07) is 0. The van der Waals surface area contributed by atoms with E-state index in [4.69, 9.17) is 9.57 Å². The molecule has 0 N–H and O–H groups in total. The Morgan fingerprint density at radius 1 is 1.33 bits per heavy atom. The van der Waals surface area contributed by atoms with Gasteiger partial charge in [0.15, 0.2) is 0 Å². The van der Waals surface area contributed by atoms with Crippen LogP contribution in [0.1, 0.15) is 19.8 Å². The summed E-state index contributed by atoms with van der Waals surface area (Å²) in [7, 11) is 0. The third kappa shape index (κ3) is 3.49. The van der Waals surface area contributed by atoms with Crippen LogP contribution in [0, 0.1) is 0 Å². The molecule has 0 unspecified atom stereocenters. The zero-order valence-corrected chi connectivity index (χ0v) is 13.1. The molecule has 2 heterocycles. The van der Waals surface area contributed by atoms with Crippen molar-refractivity contribution in [1.82, 2.24) is 9.97 Å². The molecule has 112 valence electrons. The Kier molecular flexibility index (Phi) is 4.05. The van der Waals surface area contributed by atoms with Gasteiger partial charge in [0.25, 0.3) is 0 Å². The van der Waals surface area contributed by atoms with Crippen molar-refractivity contribution in [3.63, 3.8) is 0 Å². The Morgan fingerprint density at radius 3 is 2.62 bits per heavy atom. The minimum atomic E-state index is -0.242. The minimum absolute atomic E-state index is 0.0123. The first-order valence-electron chi connectivity index (χ1n) is 6.71. The number of carbonyl (C=O) groups excluding carboxylic acids is 1. The second kappa shape index (κ2) is 5.97. The molecule has 1 aliphatic heterocycles.